The van der Waals surface area contributed by atoms with E-state index < -0.39 is 11.6 Å². The Balaban J connectivity index is 1.43. The van der Waals surface area contributed by atoms with Crippen molar-refractivity contribution in [2.75, 3.05) is 0 Å². The quantitative estimate of drug-likeness (QED) is 0.601. The van der Waals surface area contributed by atoms with E-state index in [0.717, 1.165) is 55.0 Å². The summed E-state index contributed by atoms with van der Waals surface area (Å²) >= 11 is 0. The average Bonchev–Trinajstić information content (AvgIpc) is 3.18. The molecule has 4 aliphatic rings. The number of rotatable bonds is 5. The fourth-order valence-corrected chi connectivity index (χ4v) is 6.76. The predicted molar refractivity (Wildman–Crippen MR) is 115 cm³/mol. The molecular weight excluding hydrogens is 414 g/mol. The first-order chi connectivity index (χ1) is 15.4. The lowest BCUT2D eigenvalue weighted by molar-refractivity contribution is -0.00888. The highest BCUT2D eigenvalue weighted by Crippen LogP contribution is 2.60. The van der Waals surface area contributed by atoms with E-state index in [0.29, 0.717) is 24.1 Å². The molecule has 1 aromatic carbocycles. The van der Waals surface area contributed by atoms with Crippen LogP contribution >= 0.6 is 0 Å². The van der Waals surface area contributed by atoms with Crippen molar-refractivity contribution in [3.05, 3.63) is 46.0 Å². The van der Waals surface area contributed by atoms with Crippen LogP contribution in [0.3, 0.4) is 0 Å². The number of nitrogens with zero attached hydrogens (tertiary/aromatic N) is 3. The van der Waals surface area contributed by atoms with Crippen LogP contribution in [0.2, 0.25) is 0 Å². The second kappa shape index (κ2) is 7.12. The zero-order chi connectivity index (χ0) is 22.0. The van der Waals surface area contributed by atoms with Gasteiger partial charge in [-0.1, -0.05) is 6.92 Å². The maximum Gasteiger partial charge on any atom is 0.306 e. The summed E-state index contributed by atoms with van der Waals surface area (Å²) in [4.78, 5) is 26.0. The molecule has 0 unspecified atom stereocenters. The number of nitrogens with one attached hydrogen (secondary N) is 1. The van der Waals surface area contributed by atoms with Gasteiger partial charge in [0.15, 0.2) is 22.8 Å². The van der Waals surface area contributed by atoms with Gasteiger partial charge < -0.3 is 9.72 Å². The van der Waals surface area contributed by atoms with Gasteiger partial charge in [-0.15, -0.1) is 0 Å². The first-order valence-electron chi connectivity index (χ1n) is 11.6. The summed E-state index contributed by atoms with van der Waals surface area (Å²) in [5.41, 5.74) is 0.476. The smallest absolute Gasteiger partial charge is 0.306 e. The number of fused-ring (bicyclic) bond motifs is 1. The molecule has 0 spiro atoms. The molecule has 4 fully saturated rings. The van der Waals surface area contributed by atoms with Crippen molar-refractivity contribution in [3.8, 4) is 11.8 Å². The van der Waals surface area contributed by atoms with Crippen LogP contribution < -0.4 is 10.3 Å². The number of imidazole rings is 1. The highest BCUT2D eigenvalue weighted by Gasteiger charge is 2.53. The van der Waals surface area contributed by atoms with Crippen LogP contribution in [0, 0.1) is 29.4 Å². The van der Waals surface area contributed by atoms with Gasteiger partial charge in [0, 0.05) is 18.0 Å². The van der Waals surface area contributed by atoms with Crippen LogP contribution in [0.15, 0.2) is 23.0 Å². The van der Waals surface area contributed by atoms with Gasteiger partial charge in [-0.05, 0) is 74.8 Å². The largest absolute Gasteiger partial charge is 0.425 e. The highest BCUT2D eigenvalue weighted by molar-refractivity contribution is 5.70. The van der Waals surface area contributed by atoms with Crippen LogP contribution in [0.4, 0.5) is 8.78 Å². The van der Waals surface area contributed by atoms with Gasteiger partial charge in [0.25, 0.3) is 5.56 Å². The van der Waals surface area contributed by atoms with Gasteiger partial charge in [-0.2, -0.15) is 4.98 Å². The maximum absolute atomic E-state index is 13.7. The van der Waals surface area contributed by atoms with E-state index >= 15 is 0 Å². The summed E-state index contributed by atoms with van der Waals surface area (Å²) in [5.74, 6) is 1.25. The van der Waals surface area contributed by atoms with Crippen molar-refractivity contribution in [2.24, 2.45) is 17.8 Å². The molecule has 0 aliphatic heterocycles. The molecule has 7 rings (SSSR count). The molecule has 2 heterocycles. The Morgan fingerprint density at radius 3 is 2.41 bits per heavy atom. The van der Waals surface area contributed by atoms with Crippen LogP contribution in [0.25, 0.3) is 11.2 Å². The van der Waals surface area contributed by atoms with Gasteiger partial charge in [0.2, 0.25) is 0 Å². The number of benzene rings is 1. The third-order valence-electron chi connectivity index (χ3n) is 7.66. The Kier molecular flexibility index (Phi) is 4.42. The minimum atomic E-state index is -1.02. The van der Waals surface area contributed by atoms with E-state index in [4.69, 9.17) is 9.72 Å². The molecule has 8 heteroatoms. The first-order valence-corrected chi connectivity index (χ1v) is 11.6. The fourth-order valence-electron chi connectivity index (χ4n) is 6.76. The highest BCUT2D eigenvalue weighted by atomic mass is 19.2. The number of hydrogen-bond donors (Lipinski definition) is 1. The molecule has 4 bridgehead atoms. The minimum Gasteiger partial charge on any atom is -0.425 e. The Bertz CT molecular complexity index is 1230. The fraction of sp³-hybridized carbons (Fsp3) is 0.542. The molecule has 0 saturated heterocycles. The molecule has 0 atom stereocenters. The molecule has 32 heavy (non-hydrogen) atoms. The molecule has 0 amide bonds. The minimum absolute atomic E-state index is 0.0125. The molecule has 6 nitrogen and oxygen atoms in total. The SMILES string of the molecule is CCCn1c(Oc2ccc(F)c(F)c2)nc2nc(C34CC5CC(CC(C5)C3)C4)[nH]c2c1=O. The molecule has 3 aromatic rings. The number of aromatic nitrogens is 4. The first kappa shape index (κ1) is 19.9. The molecule has 1 N–H and O–H groups in total. The second-order valence-electron chi connectivity index (χ2n) is 10.0. The van der Waals surface area contributed by atoms with Crippen molar-refractivity contribution < 1.29 is 13.5 Å². The monoisotopic (exact) mass is 440 g/mol. The van der Waals surface area contributed by atoms with Crippen LogP contribution in [0.1, 0.15) is 57.7 Å². The van der Waals surface area contributed by atoms with E-state index in [1.807, 2.05) is 6.92 Å². The topological polar surface area (TPSA) is 72.8 Å². The Morgan fingerprint density at radius 2 is 1.78 bits per heavy atom. The van der Waals surface area contributed by atoms with E-state index in [1.54, 1.807) is 0 Å². The number of aromatic amines is 1. The summed E-state index contributed by atoms with van der Waals surface area (Å²) in [6, 6.07) is 3.30. The molecule has 2 aromatic heterocycles. The lowest BCUT2D eigenvalue weighted by Gasteiger charge is -2.55. The summed E-state index contributed by atoms with van der Waals surface area (Å²) in [5, 5.41) is 0. The van der Waals surface area contributed by atoms with Crippen molar-refractivity contribution in [1.82, 2.24) is 19.5 Å². The third-order valence-corrected chi connectivity index (χ3v) is 7.66. The van der Waals surface area contributed by atoms with Crippen molar-refractivity contribution in [3.63, 3.8) is 0 Å². The van der Waals surface area contributed by atoms with Gasteiger partial charge in [-0.3, -0.25) is 9.36 Å². The molecule has 0 radical (unpaired) electrons. The lowest BCUT2D eigenvalue weighted by Crippen LogP contribution is -2.49. The lowest BCUT2D eigenvalue weighted by atomic mass is 9.49. The number of halogens is 2. The number of hydrogen-bond acceptors (Lipinski definition) is 4. The molecule has 4 saturated carbocycles. The van der Waals surface area contributed by atoms with E-state index in [9.17, 15) is 13.6 Å². The van der Waals surface area contributed by atoms with E-state index in [2.05, 4.69) is 9.97 Å². The van der Waals surface area contributed by atoms with Gasteiger partial charge in [0.05, 0.1) is 0 Å². The van der Waals surface area contributed by atoms with Crippen LogP contribution in [0.5, 0.6) is 11.8 Å². The van der Waals surface area contributed by atoms with Gasteiger partial charge in [-0.25, -0.2) is 13.8 Å². The van der Waals surface area contributed by atoms with Crippen LogP contribution in [-0.2, 0) is 12.0 Å². The zero-order valence-electron chi connectivity index (χ0n) is 18.0. The predicted octanol–water partition coefficient (Wildman–Crippen LogP) is 5.07. The van der Waals surface area contributed by atoms with Crippen molar-refractivity contribution in [1.29, 1.82) is 0 Å². The molecular formula is C24H26F2N4O2. The zero-order valence-corrected chi connectivity index (χ0v) is 18.0. The summed E-state index contributed by atoms with van der Waals surface area (Å²) < 4.78 is 34.1. The summed E-state index contributed by atoms with van der Waals surface area (Å²) in [6.07, 6.45) is 8.05. The van der Waals surface area contributed by atoms with Gasteiger partial charge >= 0.3 is 6.01 Å². The normalized spacial score (nSPS) is 28.5. The van der Waals surface area contributed by atoms with E-state index in [-0.39, 0.29) is 22.7 Å². The Hall–Kier alpha value is -2.77. The second-order valence-corrected chi connectivity index (χ2v) is 10.0. The average molecular weight is 440 g/mol. The van der Waals surface area contributed by atoms with E-state index in [1.165, 1.54) is 29.9 Å². The Morgan fingerprint density at radius 1 is 1.09 bits per heavy atom. The third kappa shape index (κ3) is 3.06. The Labute approximate surface area is 184 Å². The standard InChI is InChI=1S/C24H26F2N4O2/c1-2-5-30-21(31)19-20(29-23(30)32-16-3-4-17(25)18(26)9-16)28-22(27-19)24-10-13-6-14(11-24)8-15(7-13)12-24/h3-4,9,13-15H,2,5-8,10-12H2,1H3,(H,27,28). The van der Waals surface area contributed by atoms with Gasteiger partial charge in [0.1, 0.15) is 11.6 Å². The van der Waals surface area contributed by atoms with Crippen LogP contribution in [-0.4, -0.2) is 19.5 Å². The van der Waals surface area contributed by atoms with Crippen molar-refractivity contribution >= 4 is 11.2 Å². The molecule has 168 valence electrons. The number of ether oxygens (including phenoxy) is 1. The summed E-state index contributed by atoms with van der Waals surface area (Å²) in [7, 11) is 0. The molecule has 4 aliphatic carbocycles. The maximum atomic E-state index is 13.7. The summed E-state index contributed by atoms with van der Waals surface area (Å²) in [6.45, 7) is 2.35. The number of H-pyrrole nitrogens is 1. The van der Waals surface area contributed by atoms with Crippen molar-refractivity contribution in [2.45, 2.75) is 63.8 Å².